The molecular formula is C24H25N7O3. The lowest BCUT2D eigenvalue weighted by molar-refractivity contribution is -0.121. The van der Waals surface area contributed by atoms with Crippen LogP contribution in [0.3, 0.4) is 0 Å². The lowest BCUT2D eigenvalue weighted by Crippen LogP contribution is -2.43. The molecule has 10 nitrogen and oxygen atoms in total. The molecule has 0 radical (unpaired) electrons. The second-order valence-electron chi connectivity index (χ2n) is 8.50. The molecule has 1 aliphatic heterocycles. The minimum Gasteiger partial charge on any atom is -0.352 e. The SMILES string of the molecule is Cn1cnc2c1c(=O)n(CC(=O)NCc1ccc(N3CCc4ccccc4C3)nc1)c(=O)n2C. The largest absolute Gasteiger partial charge is 0.352 e. The van der Waals surface area contributed by atoms with Gasteiger partial charge in [0.25, 0.3) is 5.56 Å². The van der Waals surface area contributed by atoms with E-state index in [-0.39, 0.29) is 24.3 Å². The molecule has 1 amide bonds. The van der Waals surface area contributed by atoms with Crippen LogP contribution in [0, 0.1) is 0 Å². The van der Waals surface area contributed by atoms with Crippen LogP contribution in [0.2, 0.25) is 0 Å². The highest BCUT2D eigenvalue weighted by atomic mass is 16.2. The van der Waals surface area contributed by atoms with Crippen LogP contribution < -0.4 is 21.5 Å². The molecule has 10 heteroatoms. The molecule has 0 fully saturated rings. The van der Waals surface area contributed by atoms with Crippen molar-refractivity contribution in [1.29, 1.82) is 0 Å². The Labute approximate surface area is 195 Å². The summed E-state index contributed by atoms with van der Waals surface area (Å²) in [6.07, 6.45) is 4.19. The van der Waals surface area contributed by atoms with Crippen LogP contribution in [0.4, 0.5) is 5.82 Å². The molecule has 0 atom stereocenters. The number of nitrogens with zero attached hydrogens (tertiary/aromatic N) is 6. The van der Waals surface area contributed by atoms with Gasteiger partial charge in [-0.15, -0.1) is 0 Å². The number of anilines is 1. The number of imidazole rings is 1. The van der Waals surface area contributed by atoms with Crippen molar-refractivity contribution in [3.63, 3.8) is 0 Å². The summed E-state index contributed by atoms with van der Waals surface area (Å²) in [6.45, 7) is 1.61. The second-order valence-corrected chi connectivity index (χ2v) is 8.50. The third-order valence-corrected chi connectivity index (χ3v) is 6.26. The molecule has 0 bridgehead atoms. The Bertz CT molecular complexity index is 1500. The highest BCUT2D eigenvalue weighted by Crippen LogP contribution is 2.22. The van der Waals surface area contributed by atoms with Gasteiger partial charge >= 0.3 is 5.69 Å². The maximum atomic E-state index is 12.8. The first-order chi connectivity index (χ1) is 16.4. The summed E-state index contributed by atoms with van der Waals surface area (Å²) in [5.41, 5.74) is 2.97. The topological polar surface area (TPSA) is 107 Å². The molecule has 4 heterocycles. The Balaban J connectivity index is 1.24. The van der Waals surface area contributed by atoms with E-state index in [0.717, 1.165) is 35.5 Å². The van der Waals surface area contributed by atoms with Gasteiger partial charge in [-0.25, -0.2) is 19.3 Å². The summed E-state index contributed by atoms with van der Waals surface area (Å²) in [5, 5.41) is 2.77. The first-order valence-electron chi connectivity index (χ1n) is 11.1. The number of hydrogen-bond donors (Lipinski definition) is 1. The fraction of sp³-hybridized carbons (Fsp3) is 0.292. The third-order valence-electron chi connectivity index (χ3n) is 6.26. The highest BCUT2D eigenvalue weighted by molar-refractivity contribution is 5.76. The van der Waals surface area contributed by atoms with Crippen molar-refractivity contribution in [3.05, 3.63) is 86.5 Å². The number of pyridine rings is 1. The molecule has 0 saturated heterocycles. The number of fused-ring (bicyclic) bond motifs is 2. The van der Waals surface area contributed by atoms with Crippen LogP contribution in [-0.2, 0) is 44.9 Å². The summed E-state index contributed by atoms with van der Waals surface area (Å²) in [6, 6.07) is 12.3. The number of aromatic nitrogens is 5. The van der Waals surface area contributed by atoms with Crippen LogP contribution in [0.5, 0.6) is 0 Å². The maximum absolute atomic E-state index is 12.8. The average Bonchev–Trinajstić information content (AvgIpc) is 3.25. The van der Waals surface area contributed by atoms with Gasteiger partial charge in [0.2, 0.25) is 5.91 Å². The zero-order valence-electron chi connectivity index (χ0n) is 19.1. The number of nitrogens with one attached hydrogen (secondary N) is 1. The van der Waals surface area contributed by atoms with Gasteiger partial charge in [-0.05, 0) is 29.2 Å². The lowest BCUT2D eigenvalue weighted by atomic mass is 10.00. The molecule has 174 valence electrons. The molecule has 0 unspecified atom stereocenters. The quantitative estimate of drug-likeness (QED) is 0.471. The predicted molar refractivity (Wildman–Crippen MR) is 127 cm³/mol. The van der Waals surface area contributed by atoms with Gasteiger partial charge in [0, 0.05) is 39.9 Å². The Morgan fingerprint density at radius 3 is 2.62 bits per heavy atom. The van der Waals surface area contributed by atoms with E-state index in [9.17, 15) is 14.4 Å². The van der Waals surface area contributed by atoms with Crippen LogP contribution in [-0.4, -0.2) is 36.1 Å². The Kier molecular flexibility index (Phi) is 5.48. The first-order valence-corrected chi connectivity index (χ1v) is 11.1. The van der Waals surface area contributed by atoms with Crippen molar-refractivity contribution in [1.82, 2.24) is 29.0 Å². The highest BCUT2D eigenvalue weighted by Gasteiger charge is 2.18. The number of benzene rings is 1. The Hall–Kier alpha value is -4.21. The molecule has 1 aliphatic rings. The fourth-order valence-corrected chi connectivity index (χ4v) is 4.34. The monoisotopic (exact) mass is 459 g/mol. The van der Waals surface area contributed by atoms with E-state index in [2.05, 4.69) is 44.5 Å². The van der Waals surface area contributed by atoms with Crippen LogP contribution >= 0.6 is 0 Å². The molecule has 3 aromatic heterocycles. The lowest BCUT2D eigenvalue weighted by Gasteiger charge is -2.29. The molecule has 0 aliphatic carbocycles. The van der Waals surface area contributed by atoms with Crippen molar-refractivity contribution in [2.75, 3.05) is 11.4 Å². The molecule has 34 heavy (non-hydrogen) atoms. The van der Waals surface area contributed by atoms with E-state index in [1.165, 1.54) is 29.1 Å². The molecular weight excluding hydrogens is 434 g/mol. The zero-order valence-corrected chi connectivity index (χ0v) is 19.1. The van der Waals surface area contributed by atoms with Crippen molar-refractivity contribution < 1.29 is 4.79 Å². The summed E-state index contributed by atoms with van der Waals surface area (Å²) in [7, 11) is 3.20. The van der Waals surface area contributed by atoms with Crippen molar-refractivity contribution in [2.24, 2.45) is 14.1 Å². The van der Waals surface area contributed by atoms with E-state index >= 15 is 0 Å². The Morgan fingerprint density at radius 1 is 1.06 bits per heavy atom. The summed E-state index contributed by atoms with van der Waals surface area (Å²) in [5.74, 6) is 0.460. The third kappa shape index (κ3) is 3.87. The van der Waals surface area contributed by atoms with E-state index in [4.69, 9.17) is 0 Å². The molecule has 5 rings (SSSR count). The van der Waals surface area contributed by atoms with Gasteiger partial charge < -0.3 is 14.8 Å². The number of hydrogen-bond acceptors (Lipinski definition) is 6. The second kappa shape index (κ2) is 8.62. The van der Waals surface area contributed by atoms with Gasteiger partial charge in [-0.3, -0.25) is 14.2 Å². The molecule has 0 saturated carbocycles. The Morgan fingerprint density at radius 2 is 1.85 bits per heavy atom. The van der Waals surface area contributed by atoms with Crippen molar-refractivity contribution >= 4 is 22.9 Å². The standard InChI is InChI=1S/C24H25N7O3/c1-28-15-27-22-21(28)23(33)31(24(34)29(22)2)14-20(32)26-12-16-7-8-19(25-11-16)30-10-9-17-5-3-4-6-18(17)13-30/h3-8,11,15H,9-10,12-14H2,1-2H3,(H,26,32). The zero-order chi connectivity index (χ0) is 23.8. The number of amides is 1. The average molecular weight is 460 g/mol. The molecule has 1 aromatic carbocycles. The number of rotatable bonds is 5. The van der Waals surface area contributed by atoms with Crippen LogP contribution in [0.1, 0.15) is 16.7 Å². The van der Waals surface area contributed by atoms with E-state index in [1.54, 1.807) is 17.8 Å². The number of aryl methyl sites for hydroxylation is 2. The first kappa shape index (κ1) is 21.6. The van der Waals surface area contributed by atoms with Gasteiger partial charge in [-0.2, -0.15) is 0 Å². The van der Waals surface area contributed by atoms with E-state index in [0.29, 0.717) is 0 Å². The number of carbonyl (C=O) groups excluding carboxylic acids is 1. The van der Waals surface area contributed by atoms with Crippen molar-refractivity contribution in [2.45, 2.75) is 26.1 Å². The smallest absolute Gasteiger partial charge is 0.332 e. The molecule has 1 N–H and O–H groups in total. The van der Waals surface area contributed by atoms with Gasteiger partial charge in [0.1, 0.15) is 12.4 Å². The number of carbonyl (C=O) groups is 1. The van der Waals surface area contributed by atoms with E-state index in [1.807, 2.05) is 12.1 Å². The van der Waals surface area contributed by atoms with Crippen LogP contribution in [0.25, 0.3) is 11.2 Å². The minimum absolute atomic E-state index is 0.248. The molecule has 4 aromatic rings. The fourth-order valence-electron chi connectivity index (χ4n) is 4.34. The molecule has 0 spiro atoms. The summed E-state index contributed by atoms with van der Waals surface area (Å²) < 4.78 is 3.74. The maximum Gasteiger partial charge on any atom is 0.332 e. The normalized spacial score (nSPS) is 13.2. The van der Waals surface area contributed by atoms with Gasteiger partial charge in [0.05, 0.1) is 6.33 Å². The predicted octanol–water partition coefficient (Wildman–Crippen LogP) is 0.708. The summed E-state index contributed by atoms with van der Waals surface area (Å²) >= 11 is 0. The summed E-state index contributed by atoms with van der Waals surface area (Å²) in [4.78, 5) is 48.7. The van der Waals surface area contributed by atoms with Crippen LogP contribution in [0.15, 0.2) is 58.5 Å². The van der Waals surface area contributed by atoms with Gasteiger partial charge in [-0.1, -0.05) is 30.3 Å². The minimum atomic E-state index is -0.583. The van der Waals surface area contributed by atoms with Crippen molar-refractivity contribution in [3.8, 4) is 0 Å². The van der Waals surface area contributed by atoms with Gasteiger partial charge in [0.15, 0.2) is 11.2 Å². The van der Waals surface area contributed by atoms with E-state index < -0.39 is 17.2 Å².